The Hall–Kier alpha value is -2.63. The molecule has 1 aliphatic carbocycles. The van der Waals surface area contributed by atoms with E-state index < -0.39 is 0 Å². The summed E-state index contributed by atoms with van der Waals surface area (Å²) in [5.74, 6) is 2.46. The number of rotatable bonds is 7. The number of anilines is 4. The lowest BCUT2D eigenvalue weighted by atomic mass is 10.0. The second kappa shape index (κ2) is 9.92. The summed E-state index contributed by atoms with van der Waals surface area (Å²) in [4.78, 5) is 23.8. The van der Waals surface area contributed by atoms with Gasteiger partial charge >= 0.3 is 0 Å². The van der Waals surface area contributed by atoms with E-state index in [-0.39, 0.29) is 5.91 Å². The molecular formula is C24H33N5O. The van der Waals surface area contributed by atoms with Gasteiger partial charge in [0.15, 0.2) is 0 Å². The minimum absolute atomic E-state index is 0.107. The van der Waals surface area contributed by atoms with Crippen LogP contribution in [0, 0.1) is 12.8 Å². The minimum atomic E-state index is 0.107. The van der Waals surface area contributed by atoms with Crippen LogP contribution in [-0.2, 0) is 4.79 Å². The van der Waals surface area contributed by atoms with Crippen LogP contribution in [0.25, 0.3) is 0 Å². The third kappa shape index (κ3) is 5.71. The Bertz CT molecular complexity index is 839. The molecule has 2 heterocycles. The number of amides is 1. The summed E-state index contributed by atoms with van der Waals surface area (Å²) in [5, 5.41) is 6.32. The van der Waals surface area contributed by atoms with E-state index in [1.54, 1.807) is 0 Å². The topological polar surface area (TPSA) is 70.2 Å². The van der Waals surface area contributed by atoms with Crippen molar-refractivity contribution in [3.05, 3.63) is 36.0 Å². The van der Waals surface area contributed by atoms with Gasteiger partial charge in [-0.1, -0.05) is 25.7 Å². The van der Waals surface area contributed by atoms with Gasteiger partial charge in [-0.15, -0.1) is 0 Å². The summed E-state index contributed by atoms with van der Waals surface area (Å²) in [6.45, 7) is 4.13. The maximum absolute atomic E-state index is 12.2. The maximum Gasteiger partial charge on any atom is 0.229 e. The Balaban J connectivity index is 1.32. The molecule has 0 atom stereocenters. The number of hydrogen-bond acceptors (Lipinski definition) is 5. The van der Waals surface area contributed by atoms with Crippen LogP contribution in [0.2, 0.25) is 0 Å². The molecule has 1 saturated heterocycles. The van der Waals surface area contributed by atoms with Crippen LogP contribution in [-0.4, -0.2) is 29.0 Å². The molecule has 0 unspecified atom stereocenters. The fourth-order valence-corrected chi connectivity index (χ4v) is 4.52. The van der Waals surface area contributed by atoms with Gasteiger partial charge < -0.3 is 15.5 Å². The van der Waals surface area contributed by atoms with Crippen LogP contribution in [0.3, 0.4) is 0 Å². The smallest absolute Gasteiger partial charge is 0.229 e. The molecule has 6 nitrogen and oxygen atoms in total. The summed E-state index contributed by atoms with van der Waals surface area (Å²) in [7, 11) is 0. The predicted molar refractivity (Wildman–Crippen MR) is 122 cm³/mol. The zero-order chi connectivity index (χ0) is 20.8. The number of carbonyl (C=O) groups is 1. The number of benzene rings is 1. The van der Waals surface area contributed by atoms with Crippen molar-refractivity contribution < 1.29 is 4.79 Å². The van der Waals surface area contributed by atoms with E-state index >= 15 is 0 Å². The second-order valence-electron chi connectivity index (χ2n) is 8.68. The van der Waals surface area contributed by atoms with Gasteiger partial charge in [-0.3, -0.25) is 4.79 Å². The molecule has 1 amide bonds. The first kappa shape index (κ1) is 20.6. The zero-order valence-corrected chi connectivity index (χ0v) is 18.0. The van der Waals surface area contributed by atoms with Crippen molar-refractivity contribution in [1.82, 2.24) is 9.97 Å². The van der Waals surface area contributed by atoms with Crippen molar-refractivity contribution in [3.8, 4) is 0 Å². The largest absolute Gasteiger partial charge is 0.356 e. The van der Waals surface area contributed by atoms with Crippen molar-refractivity contribution in [3.63, 3.8) is 0 Å². The Labute approximate surface area is 179 Å². The summed E-state index contributed by atoms with van der Waals surface area (Å²) in [6, 6.07) is 9.83. The highest BCUT2D eigenvalue weighted by molar-refractivity contribution is 5.90. The fraction of sp³-hybridized carbons (Fsp3) is 0.542. The van der Waals surface area contributed by atoms with Crippen molar-refractivity contribution in [2.45, 2.75) is 64.7 Å². The summed E-state index contributed by atoms with van der Waals surface area (Å²) >= 11 is 0. The molecule has 160 valence electrons. The number of hydrogen-bond donors (Lipinski definition) is 2. The van der Waals surface area contributed by atoms with Crippen molar-refractivity contribution in [1.29, 1.82) is 0 Å². The lowest BCUT2D eigenvalue weighted by Gasteiger charge is -2.28. The molecule has 0 bridgehead atoms. The van der Waals surface area contributed by atoms with E-state index in [2.05, 4.69) is 26.6 Å². The number of aromatic nitrogens is 2. The molecule has 6 heteroatoms. The number of nitrogens with zero attached hydrogens (tertiary/aromatic N) is 3. The first-order valence-corrected chi connectivity index (χ1v) is 11.4. The van der Waals surface area contributed by atoms with Gasteiger partial charge in [0.1, 0.15) is 5.82 Å². The zero-order valence-electron chi connectivity index (χ0n) is 18.0. The molecule has 1 aromatic carbocycles. The van der Waals surface area contributed by atoms with E-state index in [1.807, 2.05) is 31.2 Å². The molecule has 2 fully saturated rings. The highest BCUT2D eigenvalue weighted by Crippen LogP contribution is 2.28. The third-order valence-corrected chi connectivity index (χ3v) is 6.20. The van der Waals surface area contributed by atoms with Gasteiger partial charge in [0.05, 0.1) is 0 Å². The molecule has 2 aromatic rings. The standard InChI is InChI=1S/C24H33N5O/c1-18-17-22(29-15-5-2-6-16-29)28-24(25-18)27-21-12-10-20(11-13-21)26-23(30)14-9-19-7-3-4-8-19/h10-13,17,19H,2-9,14-16H2,1H3,(H,26,30)(H,25,27,28). The van der Waals surface area contributed by atoms with Crippen LogP contribution in [0.4, 0.5) is 23.1 Å². The lowest BCUT2D eigenvalue weighted by molar-refractivity contribution is -0.116. The van der Waals surface area contributed by atoms with Gasteiger partial charge in [-0.2, -0.15) is 4.98 Å². The van der Waals surface area contributed by atoms with Gasteiger partial charge in [-0.05, 0) is 62.8 Å². The molecule has 2 N–H and O–H groups in total. The molecule has 1 aliphatic heterocycles. The molecule has 2 aliphatic rings. The summed E-state index contributed by atoms with van der Waals surface area (Å²) < 4.78 is 0. The Morgan fingerprint density at radius 2 is 1.70 bits per heavy atom. The second-order valence-corrected chi connectivity index (χ2v) is 8.68. The molecule has 30 heavy (non-hydrogen) atoms. The summed E-state index contributed by atoms with van der Waals surface area (Å²) in [5.41, 5.74) is 2.70. The number of piperidine rings is 1. The lowest BCUT2D eigenvalue weighted by Crippen LogP contribution is -2.30. The Morgan fingerprint density at radius 1 is 1.00 bits per heavy atom. The van der Waals surface area contributed by atoms with Gasteiger partial charge in [-0.25, -0.2) is 4.98 Å². The van der Waals surface area contributed by atoms with Gasteiger partial charge in [0.2, 0.25) is 11.9 Å². The molecule has 0 spiro atoms. The SMILES string of the molecule is Cc1cc(N2CCCCC2)nc(Nc2ccc(NC(=O)CCC3CCCC3)cc2)n1. The first-order valence-electron chi connectivity index (χ1n) is 11.4. The predicted octanol–water partition coefficient (Wildman–Crippen LogP) is 5.43. The summed E-state index contributed by atoms with van der Waals surface area (Å²) in [6.07, 6.45) is 10.6. The van der Waals surface area contributed by atoms with Crippen LogP contribution < -0.4 is 15.5 Å². The average Bonchev–Trinajstić information content (AvgIpc) is 3.28. The molecular weight excluding hydrogens is 374 g/mol. The molecule has 1 saturated carbocycles. The van der Waals surface area contributed by atoms with E-state index in [0.717, 1.165) is 48.3 Å². The Morgan fingerprint density at radius 3 is 2.43 bits per heavy atom. The van der Waals surface area contributed by atoms with Crippen LogP contribution in [0.1, 0.15) is 63.5 Å². The highest BCUT2D eigenvalue weighted by atomic mass is 16.1. The first-order chi connectivity index (χ1) is 14.7. The average molecular weight is 408 g/mol. The van der Waals surface area contributed by atoms with Crippen LogP contribution in [0.5, 0.6) is 0 Å². The fourth-order valence-electron chi connectivity index (χ4n) is 4.52. The molecule has 0 radical (unpaired) electrons. The van der Waals surface area contributed by atoms with Crippen LogP contribution >= 0.6 is 0 Å². The molecule has 4 rings (SSSR count). The van der Waals surface area contributed by atoms with E-state index in [9.17, 15) is 4.79 Å². The number of aryl methyl sites for hydroxylation is 1. The van der Waals surface area contributed by atoms with E-state index in [4.69, 9.17) is 4.98 Å². The quantitative estimate of drug-likeness (QED) is 0.641. The number of nitrogens with one attached hydrogen (secondary N) is 2. The van der Waals surface area contributed by atoms with E-state index in [1.165, 1.54) is 44.9 Å². The minimum Gasteiger partial charge on any atom is -0.356 e. The molecule has 1 aromatic heterocycles. The third-order valence-electron chi connectivity index (χ3n) is 6.20. The van der Waals surface area contributed by atoms with Gasteiger partial charge in [0, 0.05) is 42.6 Å². The van der Waals surface area contributed by atoms with Gasteiger partial charge in [0.25, 0.3) is 0 Å². The number of carbonyl (C=O) groups excluding carboxylic acids is 1. The van der Waals surface area contributed by atoms with E-state index in [0.29, 0.717) is 12.4 Å². The maximum atomic E-state index is 12.2. The van der Waals surface area contributed by atoms with Crippen molar-refractivity contribution in [2.24, 2.45) is 5.92 Å². The normalized spacial score (nSPS) is 17.2. The monoisotopic (exact) mass is 407 g/mol. The Kier molecular flexibility index (Phi) is 6.82. The van der Waals surface area contributed by atoms with Crippen molar-refractivity contribution in [2.75, 3.05) is 28.6 Å². The highest BCUT2D eigenvalue weighted by Gasteiger charge is 2.16. The van der Waals surface area contributed by atoms with Crippen molar-refractivity contribution >= 4 is 29.0 Å². The van der Waals surface area contributed by atoms with Crippen LogP contribution in [0.15, 0.2) is 30.3 Å².